The van der Waals surface area contributed by atoms with Crippen LogP contribution in [0.3, 0.4) is 0 Å². The van der Waals surface area contributed by atoms with Crippen LogP contribution in [0.1, 0.15) is 19.3 Å². The molecule has 1 fully saturated rings. The Labute approximate surface area is 60.9 Å². The highest BCUT2D eigenvalue weighted by Gasteiger charge is 2.10. The summed E-state index contributed by atoms with van der Waals surface area (Å²) in [6, 6.07) is 0. The molecule has 0 N–H and O–H groups in total. The van der Waals surface area contributed by atoms with Crippen LogP contribution in [-0.4, -0.2) is 19.0 Å². The van der Waals surface area contributed by atoms with Crippen molar-refractivity contribution in [1.29, 1.82) is 0 Å². The van der Waals surface area contributed by atoms with E-state index in [0.717, 1.165) is 25.7 Å². The van der Waals surface area contributed by atoms with E-state index in [9.17, 15) is 4.79 Å². The summed E-state index contributed by atoms with van der Waals surface area (Å²) in [6.07, 6.45) is 7.78. The van der Waals surface area contributed by atoms with Crippen LogP contribution in [0.4, 0.5) is 0 Å². The van der Waals surface area contributed by atoms with Gasteiger partial charge in [-0.3, -0.25) is 0 Å². The molecule has 1 heterocycles. The van der Waals surface area contributed by atoms with Crippen molar-refractivity contribution in [2.75, 3.05) is 6.61 Å². The van der Waals surface area contributed by atoms with Gasteiger partial charge in [-0.1, -0.05) is 12.2 Å². The van der Waals surface area contributed by atoms with E-state index in [4.69, 9.17) is 4.74 Å². The lowest BCUT2D eigenvalue weighted by atomic mass is 10.2. The van der Waals surface area contributed by atoms with E-state index in [-0.39, 0.29) is 6.10 Å². The largest absolute Gasteiger partial charge is 0.374 e. The molecule has 1 aliphatic rings. The Morgan fingerprint density at radius 1 is 1.60 bits per heavy atom. The summed E-state index contributed by atoms with van der Waals surface area (Å²) in [4.78, 5) is 9.89. The second-order valence-corrected chi connectivity index (χ2v) is 2.38. The Morgan fingerprint density at radius 2 is 2.50 bits per heavy atom. The molecule has 1 atom stereocenters. The van der Waals surface area contributed by atoms with Gasteiger partial charge in [0.15, 0.2) is 0 Å². The normalized spacial score (nSPS) is 25.8. The van der Waals surface area contributed by atoms with E-state index < -0.39 is 0 Å². The Balaban J connectivity index is 2.16. The van der Waals surface area contributed by atoms with Crippen molar-refractivity contribution < 1.29 is 9.53 Å². The quantitative estimate of drug-likeness (QED) is 0.436. The van der Waals surface area contributed by atoms with Gasteiger partial charge in [0.1, 0.15) is 6.29 Å². The molecule has 2 nitrogen and oxygen atoms in total. The number of carbonyl (C=O) groups excluding carboxylic acids is 1. The first-order valence-electron chi connectivity index (χ1n) is 3.65. The maximum atomic E-state index is 9.89. The molecule has 0 bridgehead atoms. The van der Waals surface area contributed by atoms with E-state index in [2.05, 4.69) is 0 Å². The number of rotatable bonds is 3. The molecule has 0 aromatic carbocycles. The molecule has 1 rings (SSSR count). The van der Waals surface area contributed by atoms with E-state index >= 15 is 0 Å². The number of ether oxygens (including phenoxy) is 1. The molecule has 0 aromatic rings. The van der Waals surface area contributed by atoms with Crippen molar-refractivity contribution in [3.63, 3.8) is 0 Å². The van der Waals surface area contributed by atoms with Gasteiger partial charge in [-0.05, 0) is 12.8 Å². The zero-order chi connectivity index (χ0) is 7.23. The Bertz CT molecular complexity index is 123. The molecule has 0 aliphatic carbocycles. The molecule has 1 saturated heterocycles. The zero-order valence-electron chi connectivity index (χ0n) is 5.95. The highest BCUT2D eigenvalue weighted by atomic mass is 16.5. The van der Waals surface area contributed by atoms with E-state index in [1.165, 1.54) is 0 Å². The third-order valence-electron chi connectivity index (χ3n) is 1.55. The van der Waals surface area contributed by atoms with Crippen molar-refractivity contribution in [2.24, 2.45) is 0 Å². The SMILES string of the molecule is O=CC/C=C\C1CCCO1. The van der Waals surface area contributed by atoms with Gasteiger partial charge in [-0.2, -0.15) is 0 Å². The number of aldehydes is 1. The van der Waals surface area contributed by atoms with Gasteiger partial charge in [0.25, 0.3) is 0 Å². The smallest absolute Gasteiger partial charge is 0.123 e. The van der Waals surface area contributed by atoms with Gasteiger partial charge in [0.05, 0.1) is 6.10 Å². The summed E-state index contributed by atoms with van der Waals surface area (Å²) in [6.45, 7) is 0.871. The monoisotopic (exact) mass is 140 g/mol. The average molecular weight is 140 g/mol. The summed E-state index contributed by atoms with van der Waals surface area (Å²) in [5.41, 5.74) is 0. The van der Waals surface area contributed by atoms with Crippen molar-refractivity contribution in [2.45, 2.75) is 25.4 Å². The van der Waals surface area contributed by atoms with E-state index in [0.29, 0.717) is 6.42 Å². The van der Waals surface area contributed by atoms with Crippen molar-refractivity contribution >= 4 is 6.29 Å². The van der Waals surface area contributed by atoms with Gasteiger partial charge in [-0.15, -0.1) is 0 Å². The first kappa shape index (κ1) is 7.48. The van der Waals surface area contributed by atoms with Crippen molar-refractivity contribution in [3.8, 4) is 0 Å². The number of hydrogen-bond donors (Lipinski definition) is 0. The minimum absolute atomic E-state index is 0.278. The first-order valence-corrected chi connectivity index (χ1v) is 3.65. The standard InChI is InChI=1S/C8H12O2/c9-6-2-1-4-8-5-3-7-10-8/h1,4,6,8H,2-3,5,7H2/b4-1-. The van der Waals surface area contributed by atoms with Crippen LogP contribution >= 0.6 is 0 Å². The van der Waals surface area contributed by atoms with E-state index in [1.807, 2.05) is 12.2 Å². The first-order chi connectivity index (χ1) is 4.93. The summed E-state index contributed by atoms with van der Waals surface area (Å²) in [5, 5.41) is 0. The maximum Gasteiger partial charge on any atom is 0.123 e. The van der Waals surface area contributed by atoms with Gasteiger partial charge in [0.2, 0.25) is 0 Å². The fraction of sp³-hybridized carbons (Fsp3) is 0.625. The Hall–Kier alpha value is -0.630. The number of hydrogen-bond acceptors (Lipinski definition) is 2. The van der Waals surface area contributed by atoms with Crippen LogP contribution < -0.4 is 0 Å². The molecule has 2 heteroatoms. The minimum atomic E-state index is 0.278. The molecule has 0 amide bonds. The zero-order valence-corrected chi connectivity index (χ0v) is 5.95. The van der Waals surface area contributed by atoms with Crippen molar-refractivity contribution in [1.82, 2.24) is 0 Å². The number of carbonyl (C=O) groups is 1. The molecular weight excluding hydrogens is 128 g/mol. The topological polar surface area (TPSA) is 26.3 Å². The van der Waals surface area contributed by atoms with E-state index in [1.54, 1.807) is 0 Å². The summed E-state index contributed by atoms with van der Waals surface area (Å²) in [7, 11) is 0. The predicted octanol–water partition coefficient (Wildman–Crippen LogP) is 1.31. The second-order valence-electron chi connectivity index (χ2n) is 2.38. The molecule has 1 unspecified atom stereocenters. The number of allylic oxidation sites excluding steroid dienone is 1. The fourth-order valence-corrected chi connectivity index (χ4v) is 1.04. The lowest BCUT2D eigenvalue weighted by Crippen LogP contribution is -1.98. The second kappa shape index (κ2) is 4.23. The summed E-state index contributed by atoms with van der Waals surface area (Å²) in [5.74, 6) is 0. The average Bonchev–Trinajstić information content (AvgIpc) is 2.41. The lowest BCUT2D eigenvalue weighted by Gasteiger charge is -1.99. The third-order valence-corrected chi connectivity index (χ3v) is 1.55. The molecule has 0 radical (unpaired) electrons. The van der Waals surface area contributed by atoms with Crippen LogP contribution in [0, 0.1) is 0 Å². The van der Waals surface area contributed by atoms with Crippen LogP contribution in [0.25, 0.3) is 0 Å². The van der Waals surface area contributed by atoms with Gasteiger partial charge in [0, 0.05) is 13.0 Å². The molecular formula is C8H12O2. The van der Waals surface area contributed by atoms with Crippen LogP contribution in [0.2, 0.25) is 0 Å². The molecule has 56 valence electrons. The molecule has 0 saturated carbocycles. The van der Waals surface area contributed by atoms with Crippen molar-refractivity contribution in [3.05, 3.63) is 12.2 Å². The highest BCUT2D eigenvalue weighted by molar-refractivity contribution is 5.51. The Kier molecular flexibility index (Phi) is 3.16. The highest BCUT2D eigenvalue weighted by Crippen LogP contribution is 2.12. The fourth-order valence-electron chi connectivity index (χ4n) is 1.04. The minimum Gasteiger partial charge on any atom is -0.374 e. The van der Waals surface area contributed by atoms with Crippen LogP contribution in [0.5, 0.6) is 0 Å². The predicted molar refractivity (Wildman–Crippen MR) is 38.8 cm³/mol. The Morgan fingerprint density at radius 3 is 3.10 bits per heavy atom. The molecule has 10 heavy (non-hydrogen) atoms. The third kappa shape index (κ3) is 2.31. The molecule has 1 aliphatic heterocycles. The van der Waals surface area contributed by atoms with Crippen LogP contribution in [-0.2, 0) is 9.53 Å². The molecule has 0 aromatic heterocycles. The van der Waals surface area contributed by atoms with Crippen LogP contribution in [0.15, 0.2) is 12.2 Å². The summed E-state index contributed by atoms with van der Waals surface area (Å²) < 4.78 is 5.30. The maximum absolute atomic E-state index is 9.89. The van der Waals surface area contributed by atoms with Gasteiger partial charge >= 0.3 is 0 Å². The lowest BCUT2D eigenvalue weighted by molar-refractivity contribution is -0.107. The molecule has 0 spiro atoms. The van der Waals surface area contributed by atoms with Gasteiger partial charge < -0.3 is 9.53 Å². The summed E-state index contributed by atoms with van der Waals surface area (Å²) >= 11 is 0. The van der Waals surface area contributed by atoms with Gasteiger partial charge in [-0.25, -0.2) is 0 Å².